The Morgan fingerprint density at radius 2 is 1.62 bits per heavy atom. The molecular formula is C17H31BrN2O. The lowest BCUT2D eigenvalue weighted by molar-refractivity contribution is -0.139. The minimum atomic E-state index is 0.298. The van der Waals surface area contributed by atoms with E-state index in [0.717, 1.165) is 56.8 Å². The molecule has 1 aliphatic carbocycles. The van der Waals surface area contributed by atoms with Crippen LogP contribution in [0.5, 0.6) is 0 Å². The number of piperazine rings is 1. The maximum atomic E-state index is 12.7. The normalized spacial score (nSPS) is 28.7. The number of alkyl halides is 1. The highest BCUT2D eigenvalue weighted by Gasteiger charge is 2.34. The van der Waals surface area contributed by atoms with Gasteiger partial charge in [0.25, 0.3) is 0 Å². The summed E-state index contributed by atoms with van der Waals surface area (Å²) < 4.78 is 0. The molecule has 21 heavy (non-hydrogen) atoms. The lowest BCUT2D eigenvalue weighted by atomic mass is 9.69. The van der Waals surface area contributed by atoms with Crippen molar-refractivity contribution in [2.45, 2.75) is 46.5 Å². The van der Waals surface area contributed by atoms with Gasteiger partial charge in [-0.3, -0.25) is 9.69 Å². The molecule has 1 saturated carbocycles. The third-order valence-corrected chi connectivity index (χ3v) is 5.74. The van der Waals surface area contributed by atoms with Crippen LogP contribution in [0.2, 0.25) is 0 Å². The quantitative estimate of drug-likeness (QED) is 0.722. The van der Waals surface area contributed by atoms with Crippen LogP contribution in [0.1, 0.15) is 46.5 Å². The van der Waals surface area contributed by atoms with Crippen LogP contribution >= 0.6 is 15.9 Å². The molecule has 0 unspecified atom stereocenters. The summed E-state index contributed by atoms with van der Waals surface area (Å²) in [6.07, 6.45) is 4.65. The van der Waals surface area contributed by atoms with Crippen LogP contribution in [0.25, 0.3) is 0 Å². The predicted octanol–water partition coefficient (Wildman–Crippen LogP) is 3.38. The lowest BCUT2D eigenvalue weighted by Gasteiger charge is -2.40. The molecular weight excluding hydrogens is 328 g/mol. The van der Waals surface area contributed by atoms with Gasteiger partial charge < -0.3 is 4.90 Å². The Balaban J connectivity index is 1.78. The van der Waals surface area contributed by atoms with E-state index in [9.17, 15) is 4.79 Å². The van der Waals surface area contributed by atoms with Gasteiger partial charge in [0.1, 0.15) is 0 Å². The van der Waals surface area contributed by atoms with Gasteiger partial charge in [-0.1, -0.05) is 36.7 Å². The van der Waals surface area contributed by atoms with Gasteiger partial charge in [-0.25, -0.2) is 0 Å². The molecule has 4 heteroatoms. The molecule has 0 aromatic heterocycles. The van der Waals surface area contributed by atoms with Gasteiger partial charge in [0.2, 0.25) is 5.91 Å². The maximum absolute atomic E-state index is 12.7. The van der Waals surface area contributed by atoms with E-state index in [-0.39, 0.29) is 0 Å². The summed E-state index contributed by atoms with van der Waals surface area (Å²) >= 11 is 3.49. The summed E-state index contributed by atoms with van der Waals surface area (Å²) in [5, 5.41) is 1.03. The van der Waals surface area contributed by atoms with E-state index < -0.39 is 0 Å². The second kappa shape index (κ2) is 7.45. The lowest BCUT2D eigenvalue weighted by Crippen LogP contribution is -2.51. The van der Waals surface area contributed by atoms with E-state index in [1.54, 1.807) is 0 Å². The van der Waals surface area contributed by atoms with Crippen LogP contribution in [-0.4, -0.2) is 53.8 Å². The number of halogens is 1. The first-order chi connectivity index (χ1) is 9.91. The SMILES string of the molecule is CC(C)(C)C1CCC(C(=O)N2CCN(CCBr)CC2)CC1. The third kappa shape index (κ3) is 4.69. The molecule has 2 fully saturated rings. The molecule has 1 saturated heterocycles. The second-order valence-electron chi connectivity index (χ2n) is 7.77. The molecule has 1 aliphatic heterocycles. The molecule has 0 atom stereocenters. The van der Waals surface area contributed by atoms with Crippen LogP contribution in [-0.2, 0) is 4.79 Å². The fourth-order valence-corrected chi connectivity index (χ4v) is 4.28. The Labute approximate surface area is 138 Å². The Morgan fingerprint density at radius 1 is 1.05 bits per heavy atom. The van der Waals surface area contributed by atoms with E-state index >= 15 is 0 Å². The molecule has 0 N–H and O–H groups in total. The molecule has 1 amide bonds. The highest BCUT2D eigenvalue weighted by molar-refractivity contribution is 9.09. The summed E-state index contributed by atoms with van der Waals surface area (Å²) in [7, 11) is 0. The van der Waals surface area contributed by atoms with E-state index in [0.29, 0.717) is 17.2 Å². The van der Waals surface area contributed by atoms with Crippen molar-refractivity contribution in [2.24, 2.45) is 17.3 Å². The van der Waals surface area contributed by atoms with Crippen LogP contribution in [0.3, 0.4) is 0 Å². The highest BCUT2D eigenvalue weighted by Crippen LogP contribution is 2.40. The standard InChI is InChI=1S/C17H31BrN2O/c1-17(2,3)15-6-4-14(5-7-15)16(21)20-12-10-19(9-8-18)11-13-20/h14-15H,4-13H2,1-3H3. The largest absolute Gasteiger partial charge is 0.340 e. The zero-order valence-electron chi connectivity index (χ0n) is 13.9. The van der Waals surface area contributed by atoms with Gasteiger partial charge in [0.15, 0.2) is 0 Å². The Morgan fingerprint density at radius 3 is 2.10 bits per heavy atom. The van der Waals surface area contributed by atoms with Gasteiger partial charge >= 0.3 is 0 Å². The van der Waals surface area contributed by atoms with Gasteiger partial charge in [-0.2, -0.15) is 0 Å². The first-order valence-corrected chi connectivity index (χ1v) is 9.61. The fourth-order valence-electron chi connectivity index (χ4n) is 3.78. The van der Waals surface area contributed by atoms with E-state index in [4.69, 9.17) is 0 Å². The van der Waals surface area contributed by atoms with Gasteiger partial charge in [0, 0.05) is 44.0 Å². The molecule has 0 aromatic carbocycles. The van der Waals surface area contributed by atoms with Crippen LogP contribution in [0.4, 0.5) is 0 Å². The Bertz CT molecular complexity index is 337. The highest BCUT2D eigenvalue weighted by atomic mass is 79.9. The summed E-state index contributed by atoms with van der Waals surface area (Å²) in [6.45, 7) is 12.0. The molecule has 0 bridgehead atoms. The van der Waals surface area contributed by atoms with Crippen molar-refractivity contribution in [3.05, 3.63) is 0 Å². The zero-order chi connectivity index (χ0) is 15.5. The number of hydrogen-bond acceptors (Lipinski definition) is 2. The molecule has 0 radical (unpaired) electrons. The van der Waals surface area contributed by atoms with Gasteiger partial charge in [-0.05, 0) is 37.0 Å². The summed E-state index contributed by atoms with van der Waals surface area (Å²) in [5.41, 5.74) is 0.398. The average molecular weight is 359 g/mol. The summed E-state index contributed by atoms with van der Waals surface area (Å²) in [6, 6.07) is 0. The van der Waals surface area contributed by atoms with Gasteiger partial charge in [0.05, 0.1) is 0 Å². The van der Waals surface area contributed by atoms with Crippen LogP contribution in [0, 0.1) is 17.3 Å². The monoisotopic (exact) mass is 358 g/mol. The Kier molecular flexibility index (Phi) is 6.13. The summed E-state index contributed by atoms with van der Waals surface area (Å²) in [5.74, 6) is 1.52. The topological polar surface area (TPSA) is 23.6 Å². The molecule has 0 aromatic rings. The molecule has 2 aliphatic rings. The van der Waals surface area contributed by atoms with Crippen LogP contribution in [0.15, 0.2) is 0 Å². The first kappa shape index (κ1) is 17.3. The molecule has 0 spiro atoms. The number of nitrogens with zero attached hydrogens (tertiary/aromatic N) is 2. The smallest absolute Gasteiger partial charge is 0.225 e. The Hall–Kier alpha value is -0.0900. The van der Waals surface area contributed by atoms with E-state index in [1.807, 2.05) is 0 Å². The number of rotatable bonds is 3. The second-order valence-corrected chi connectivity index (χ2v) is 8.56. The van der Waals surface area contributed by atoms with E-state index in [1.165, 1.54) is 12.8 Å². The zero-order valence-corrected chi connectivity index (χ0v) is 15.5. The number of carbonyl (C=O) groups is 1. The number of amides is 1. The minimum Gasteiger partial charge on any atom is -0.340 e. The fraction of sp³-hybridized carbons (Fsp3) is 0.941. The molecule has 1 heterocycles. The van der Waals surface area contributed by atoms with Crippen molar-refractivity contribution in [2.75, 3.05) is 38.1 Å². The van der Waals surface area contributed by atoms with E-state index in [2.05, 4.69) is 46.5 Å². The van der Waals surface area contributed by atoms with Crippen LogP contribution < -0.4 is 0 Å². The summed E-state index contributed by atoms with van der Waals surface area (Å²) in [4.78, 5) is 17.2. The first-order valence-electron chi connectivity index (χ1n) is 8.49. The third-order valence-electron chi connectivity index (χ3n) is 5.39. The average Bonchev–Trinajstić information content (AvgIpc) is 2.47. The van der Waals surface area contributed by atoms with Crippen molar-refractivity contribution in [3.8, 4) is 0 Å². The van der Waals surface area contributed by atoms with Gasteiger partial charge in [-0.15, -0.1) is 0 Å². The molecule has 3 nitrogen and oxygen atoms in total. The van der Waals surface area contributed by atoms with Crippen molar-refractivity contribution in [1.82, 2.24) is 9.80 Å². The van der Waals surface area contributed by atoms with Crippen molar-refractivity contribution in [3.63, 3.8) is 0 Å². The molecule has 122 valence electrons. The predicted molar refractivity (Wildman–Crippen MR) is 91.7 cm³/mol. The molecule has 2 rings (SSSR count). The minimum absolute atomic E-state index is 0.298. The number of carbonyl (C=O) groups excluding carboxylic acids is 1. The van der Waals surface area contributed by atoms with Crippen molar-refractivity contribution in [1.29, 1.82) is 0 Å². The number of hydrogen-bond donors (Lipinski definition) is 0. The van der Waals surface area contributed by atoms with Crippen molar-refractivity contribution < 1.29 is 4.79 Å². The van der Waals surface area contributed by atoms with Crippen molar-refractivity contribution >= 4 is 21.8 Å². The maximum Gasteiger partial charge on any atom is 0.225 e.